The number of phosphoric acid groups is 1. The Labute approximate surface area is 409 Å². The summed E-state index contributed by atoms with van der Waals surface area (Å²) in [5.74, 6) is -0.852. The van der Waals surface area contributed by atoms with Crippen molar-refractivity contribution in [2.24, 2.45) is 0 Å². The number of rotatable bonds is 53. The Morgan fingerprint density at radius 3 is 1.17 bits per heavy atom. The zero-order valence-corrected chi connectivity index (χ0v) is 45.3. The molecule has 0 saturated heterocycles. The third-order valence-corrected chi connectivity index (χ3v) is 13.7. The molecule has 0 aliphatic rings. The fourth-order valence-corrected chi connectivity index (χ4v) is 9.10. The molecule has 0 aromatic heterocycles. The first kappa shape index (κ1) is 64.8. The van der Waals surface area contributed by atoms with E-state index in [2.05, 4.69) is 26.0 Å². The highest BCUT2D eigenvalue weighted by Crippen LogP contribution is 2.38. The second-order valence-corrected chi connectivity index (χ2v) is 22.1. The van der Waals surface area contributed by atoms with E-state index < -0.39 is 32.5 Å². The molecule has 0 rings (SSSR count). The van der Waals surface area contributed by atoms with E-state index in [1.54, 1.807) is 0 Å². The normalized spacial score (nSPS) is 13.4. The van der Waals surface area contributed by atoms with Crippen LogP contribution in [-0.4, -0.2) is 70.0 Å². The van der Waals surface area contributed by atoms with Crippen molar-refractivity contribution in [2.45, 2.75) is 290 Å². The van der Waals surface area contributed by atoms with Gasteiger partial charge in [-0.05, 0) is 32.1 Å². The number of carbonyl (C=O) groups is 2. The van der Waals surface area contributed by atoms with E-state index in [0.717, 1.165) is 25.7 Å². The molecule has 392 valence electrons. The number of ether oxygens (including phenoxy) is 2. The lowest BCUT2D eigenvalue weighted by Gasteiger charge is -2.28. The van der Waals surface area contributed by atoms with Gasteiger partial charge in [-0.25, -0.2) is 0 Å². The van der Waals surface area contributed by atoms with E-state index in [0.29, 0.717) is 23.9 Å². The maximum atomic E-state index is 12.8. The van der Waals surface area contributed by atoms with Crippen molar-refractivity contribution in [2.75, 3.05) is 47.5 Å². The van der Waals surface area contributed by atoms with Gasteiger partial charge in [-0.1, -0.05) is 251 Å². The zero-order valence-electron chi connectivity index (χ0n) is 44.4. The fraction of sp³-hybridized carbons (Fsp3) is 0.929. The number of unbranched alkanes of at least 4 members (excludes halogenated alkanes) is 37. The van der Waals surface area contributed by atoms with E-state index in [1.165, 1.54) is 218 Å². The first-order valence-corrected chi connectivity index (χ1v) is 29.9. The predicted octanol–water partition coefficient (Wildman–Crippen LogP) is 16.6. The molecule has 0 radical (unpaired) electrons. The topological polar surface area (TPSA) is 111 Å². The van der Waals surface area contributed by atoms with Crippen LogP contribution in [0.1, 0.15) is 284 Å². The second-order valence-electron chi connectivity index (χ2n) is 20.7. The van der Waals surface area contributed by atoms with Crippen LogP contribution in [0.15, 0.2) is 12.2 Å². The molecule has 0 fully saturated rings. The van der Waals surface area contributed by atoms with Crippen molar-refractivity contribution in [3.05, 3.63) is 12.2 Å². The van der Waals surface area contributed by atoms with Crippen molar-refractivity contribution in [1.82, 2.24) is 0 Å². The number of likely N-dealkylation sites (N-methyl/N-ethyl adjacent to an activating group) is 1. The monoisotopic (exact) mass is 956 g/mol. The maximum absolute atomic E-state index is 12.8. The van der Waals surface area contributed by atoms with Gasteiger partial charge in [0.15, 0.2) is 6.10 Å². The average Bonchev–Trinajstić information content (AvgIpc) is 3.27. The minimum absolute atomic E-state index is 0.0306. The molecule has 66 heavy (non-hydrogen) atoms. The van der Waals surface area contributed by atoms with E-state index in [4.69, 9.17) is 18.5 Å². The highest BCUT2D eigenvalue weighted by atomic mass is 31.2. The van der Waals surface area contributed by atoms with E-state index in [-0.39, 0.29) is 26.1 Å². The lowest BCUT2D eigenvalue weighted by Crippen LogP contribution is -2.37. The van der Waals surface area contributed by atoms with Crippen LogP contribution >= 0.6 is 7.82 Å². The number of esters is 2. The Morgan fingerprint density at radius 1 is 0.455 bits per heavy atom. The summed E-state index contributed by atoms with van der Waals surface area (Å²) in [6.07, 6.45) is 55.5. The number of phosphoric ester groups is 1. The van der Waals surface area contributed by atoms with E-state index in [1.807, 2.05) is 21.1 Å². The summed E-state index contributed by atoms with van der Waals surface area (Å²) in [7, 11) is 1.17. The summed E-state index contributed by atoms with van der Waals surface area (Å²) >= 11 is 0. The zero-order chi connectivity index (χ0) is 48.5. The van der Waals surface area contributed by atoms with Gasteiger partial charge in [0.1, 0.15) is 19.8 Å². The molecule has 0 aliphatic carbocycles. The van der Waals surface area contributed by atoms with Gasteiger partial charge in [0.05, 0.1) is 27.7 Å². The molecule has 0 amide bonds. The molecule has 0 aliphatic heterocycles. The van der Waals surface area contributed by atoms with Gasteiger partial charge in [-0.3, -0.25) is 14.2 Å². The van der Waals surface area contributed by atoms with Crippen molar-refractivity contribution in [3.8, 4) is 0 Å². The Bertz CT molecular complexity index is 1130. The molecule has 0 bridgehead atoms. The predicted molar refractivity (Wildman–Crippen MR) is 278 cm³/mol. The third-order valence-electron chi connectivity index (χ3n) is 12.8. The molecule has 0 aromatic carbocycles. The van der Waals surface area contributed by atoms with Gasteiger partial charge in [0.2, 0.25) is 0 Å². The highest BCUT2D eigenvalue weighted by molar-refractivity contribution is 7.45. The minimum atomic E-state index is -4.63. The summed E-state index contributed by atoms with van der Waals surface area (Å²) in [6.45, 7) is 4.27. The number of allylic oxidation sites excluding steroid dienone is 2. The van der Waals surface area contributed by atoms with Crippen LogP contribution in [-0.2, 0) is 32.7 Å². The van der Waals surface area contributed by atoms with Crippen LogP contribution in [0.3, 0.4) is 0 Å². The number of nitrogens with zero attached hydrogens (tertiary/aromatic N) is 1. The number of hydrogen-bond acceptors (Lipinski definition) is 8. The lowest BCUT2D eigenvalue weighted by atomic mass is 10.0. The molecule has 0 spiro atoms. The first-order valence-electron chi connectivity index (χ1n) is 28.4. The van der Waals surface area contributed by atoms with E-state index >= 15 is 0 Å². The molecule has 0 N–H and O–H groups in total. The summed E-state index contributed by atoms with van der Waals surface area (Å²) in [4.78, 5) is 37.8. The van der Waals surface area contributed by atoms with Gasteiger partial charge >= 0.3 is 11.9 Å². The van der Waals surface area contributed by atoms with Gasteiger partial charge in [-0.2, -0.15) is 0 Å². The summed E-state index contributed by atoms with van der Waals surface area (Å²) in [5.41, 5.74) is 0. The summed E-state index contributed by atoms with van der Waals surface area (Å²) in [5, 5.41) is 0. The molecule has 0 saturated carbocycles. The van der Waals surface area contributed by atoms with Crippen LogP contribution in [0, 0.1) is 0 Å². The first-order chi connectivity index (χ1) is 32.0. The Kier molecular flexibility index (Phi) is 47.8. The molecule has 9 nitrogen and oxygen atoms in total. The van der Waals surface area contributed by atoms with Crippen LogP contribution < -0.4 is 4.89 Å². The second kappa shape index (κ2) is 48.8. The quantitative estimate of drug-likeness (QED) is 0.0195. The van der Waals surface area contributed by atoms with E-state index in [9.17, 15) is 19.0 Å². The standard InChI is InChI=1S/C56H110NO8P/c1-6-8-10-12-14-16-18-20-22-24-26-27-28-29-31-32-34-36-38-40-42-44-46-48-55(58)62-52-54(53-64-66(60,61)63-51-50-57(3,4)5)65-56(59)49-47-45-43-41-39-37-35-33-30-25-23-21-19-17-15-13-11-9-7-2/h40,42,54H,6-39,41,43-53H2,1-5H3/b42-40+/t54-/m1/s1. The molecular weight excluding hydrogens is 846 g/mol. The minimum Gasteiger partial charge on any atom is -0.756 e. The third kappa shape index (κ3) is 52.1. The Balaban J connectivity index is 4.16. The highest BCUT2D eigenvalue weighted by Gasteiger charge is 2.21. The molecule has 0 aromatic rings. The SMILES string of the molecule is CCCCCCCCCCCCCCCCCCCC/C=C/CCCC(=O)OC[C@H](COP(=O)([O-])OCC[N+](C)(C)C)OC(=O)CCCCCCCCCCCCCCCCCCCCC. The Hall–Kier alpha value is -1.25. The molecular formula is C56H110NO8P. The van der Waals surface area contributed by atoms with Crippen LogP contribution in [0.2, 0.25) is 0 Å². The van der Waals surface area contributed by atoms with Crippen LogP contribution in [0.4, 0.5) is 0 Å². The van der Waals surface area contributed by atoms with Crippen molar-refractivity contribution >= 4 is 19.8 Å². The Morgan fingerprint density at radius 2 is 0.788 bits per heavy atom. The lowest BCUT2D eigenvalue weighted by molar-refractivity contribution is -0.870. The van der Waals surface area contributed by atoms with Gasteiger partial charge in [-0.15, -0.1) is 0 Å². The molecule has 1 unspecified atom stereocenters. The average molecular weight is 956 g/mol. The van der Waals surface area contributed by atoms with Crippen molar-refractivity contribution < 1.29 is 42.1 Å². The van der Waals surface area contributed by atoms with Gasteiger partial charge < -0.3 is 27.9 Å². The number of hydrogen-bond donors (Lipinski definition) is 0. The molecule has 0 heterocycles. The van der Waals surface area contributed by atoms with Crippen molar-refractivity contribution in [1.29, 1.82) is 0 Å². The fourth-order valence-electron chi connectivity index (χ4n) is 8.37. The largest absolute Gasteiger partial charge is 0.756 e. The van der Waals surface area contributed by atoms with Gasteiger partial charge in [0, 0.05) is 12.8 Å². The van der Waals surface area contributed by atoms with Crippen LogP contribution in [0.5, 0.6) is 0 Å². The number of carbonyl (C=O) groups excluding carboxylic acids is 2. The maximum Gasteiger partial charge on any atom is 0.306 e. The van der Waals surface area contributed by atoms with Crippen LogP contribution in [0.25, 0.3) is 0 Å². The van der Waals surface area contributed by atoms with Crippen molar-refractivity contribution in [3.63, 3.8) is 0 Å². The number of quaternary nitrogens is 1. The summed E-state index contributed by atoms with van der Waals surface area (Å²) in [6, 6.07) is 0. The van der Waals surface area contributed by atoms with Gasteiger partial charge in [0.25, 0.3) is 7.82 Å². The summed E-state index contributed by atoms with van der Waals surface area (Å²) < 4.78 is 34.1. The smallest absolute Gasteiger partial charge is 0.306 e. The molecule has 10 heteroatoms. The molecule has 2 atom stereocenters.